The Morgan fingerprint density at radius 1 is 1.40 bits per heavy atom. The van der Waals surface area contributed by atoms with Crippen LogP contribution in [0.2, 0.25) is 0 Å². The molecule has 20 heavy (non-hydrogen) atoms. The summed E-state index contributed by atoms with van der Waals surface area (Å²) in [6.07, 6.45) is -9.61. The Hall–Kier alpha value is -1.80. The minimum atomic E-state index is -5.30. The summed E-state index contributed by atoms with van der Waals surface area (Å²) in [5, 5.41) is 0. The van der Waals surface area contributed by atoms with E-state index in [2.05, 4.69) is 9.72 Å². The van der Waals surface area contributed by atoms with E-state index in [1.165, 1.54) is 6.92 Å². The minimum Gasteiger partial charge on any atom is -0.466 e. The number of nitrogens with zero attached hydrogens (tertiary/aromatic N) is 1. The lowest BCUT2D eigenvalue weighted by molar-refractivity contribution is -0.142. The first-order valence-corrected chi connectivity index (χ1v) is 5.37. The summed E-state index contributed by atoms with van der Waals surface area (Å²) in [5.41, 5.74) is -4.42. The Kier molecular flexibility index (Phi) is 4.96. The van der Waals surface area contributed by atoms with E-state index in [9.17, 15) is 31.1 Å². The second-order valence-corrected chi connectivity index (χ2v) is 3.64. The van der Waals surface area contributed by atoms with Gasteiger partial charge in [0.15, 0.2) is 0 Å². The molecule has 0 unspecified atom stereocenters. The number of aromatic nitrogens is 1. The van der Waals surface area contributed by atoms with E-state index in [1.807, 2.05) is 0 Å². The lowest BCUT2D eigenvalue weighted by atomic mass is 10.1. The lowest BCUT2D eigenvalue weighted by Crippen LogP contribution is -2.17. The van der Waals surface area contributed by atoms with Crippen LogP contribution in [0.25, 0.3) is 0 Å². The van der Waals surface area contributed by atoms with Crippen molar-refractivity contribution in [2.45, 2.75) is 25.9 Å². The van der Waals surface area contributed by atoms with E-state index in [0.717, 1.165) is 0 Å². The topological polar surface area (TPSA) is 39.2 Å². The summed E-state index contributed by atoms with van der Waals surface area (Å²) in [4.78, 5) is 14.1. The molecule has 0 aliphatic carbocycles. The normalized spacial score (nSPS) is 11.8. The number of carbonyl (C=O) groups is 1. The average Bonchev–Trinajstić information content (AvgIpc) is 2.26. The molecule has 0 N–H and O–H groups in total. The molecule has 0 aliphatic rings. The van der Waals surface area contributed by atoms with Crippen molar-refractivity contribution < 1.29 is 35.9 Å². The van der Waals surface area contributed by atoms with Crippen LogP contribution in [0.1, 0.15) is 30.3 Å². The molecule has 1 aromatic heterocycles. The SMILES string of the molecule is CCOC(=O)Cc1cc(F)c(C(F)(F)F)c(C(F)F)n1. The van der Waals surface area contributed by atoms with Gasteiger partial charge in [-0.2, -0.15) is 13.2 Å². The van der Waals surface area contributed by atoms with Gasteiger partial charge in [0, 0.05) is 0 Å². The monoisotopic (exact) mass is 301 g/mol. The average molecular weight is 301 g/mol. The fraction of sp³-hybridized carbons (Fsp3) is 0.455. The quantitative estimate of drug-likeness (QED) is 0.633. The second-order valence-electron chi connectivity index (χ2n) is 3.64. The number of alkyl halides is 5. The molecular weight excluding hydrogens is 292 g/mol. The highest BCUT2D eigenvalue weighted by Crippen LogP contribution is 2.37. The van der Waals surface area contributed by atoms with Gasteiger partial charge in [-0.15, -0.1) is 0 Å². The predicted octanol–water partition coefficient (Wildman–Crippen LogP) is 3.28. The molecule has 1 aromatic rings. The van der Waals surface area contributed by atoms with E-state index in [-0.39, 0.29) is 6.61 Å². The number of carbonyl (C=O) groups excluding carboxylic acids is 1. The molecule has 0 atom stereocenters. The number of hydrogen-bond acceptors (Lipinski definition) is 3. The van der Waals surface area contributed by atoms with E-state index in [0.29, 0.717) is 6.07 Å². The van der Waals surface area contributed by atoms with E-state index < -0.39 is 47.8 Å². The third kappa shape index (κ3) is 3.84. The molecule has 0 aliphatic heterocycles. The number of rotatable bonds is 4. The Labute approximate surface area is 109 Å². The first-order chi connectivity index (χ1) is 9.16. The first kappa shape index (κ1) is 16.3. The Morgan fingerprint density at radius 2 is 2.00 bits per heavy atom. The third-order valence-corrected chi connectivity index (χ3v) is 2.17. The van der Waals surface area contributed by atoms with Gasteiger partial charge >= 0.3 is 12.1 Å². The Bertz CT molecular complexity index is 500. The number of pyridine rings is 1. The van der Waals surface area contributed by atoms with Crippen LogP contribution in [-0.2, 0) is 22.1 Å². The molecule has 3 nitrogen and oxygen atoms in total. The fourth-order valence-corrected chi connectivity index (χ4v) is 1.47. The third-order valence-electron chi connectivity index (χ3n) is 2.17. The Balaban J connectivity index is 3.24. The molecule has 0 saturated carbocycles. The maximum atomic E-state index is 13.4. The van der Waals surface area contributed by atoms with Gasteiger partial charge in [-0.05, 0) is 13.0 Å². The molecule has 0 amide bonds. The molecule has 0 aromatic carbocycles. The zero-order valence-corrected chi connectivity index (χ0v) is 10.1. The lowest BCUT2D eigenvalue weighted by Gasteiger charge is -2.14. The molecule has 1 rings (SSSR count). The summed E-state index contributed by atoms with van der Waals surface area (Å²) in [6.45, 7) is 1.47. The summed E-state index contributed by atoms with van der Waals surface area (Å²) in [6, 6.07) is 0.297. The second kappa shape index (κ2) is 6.10. The maximum absolute atomic E-state index is 13.4. The van der Waals surface area contributed by atoms with Crippen LogP contribution in [0.15, 0.2) is 6.07 Å². The van der Waals surface area contributed by atoms with Crippen molar-refractivity contribution in [3.05, 3.63) is 28.8 Å². The minimum absolute atomic E-state index is 0.0103. The van der Waals surface area contributed by atoms with E-state index >= 15 is 0 Å². The van der Waals surface area contributed by atoms with Gasteiger partial charge < -0.3 is 4.74 Å². The largest absolute Gasteiger partial charge is 0.466 e. The Morgan fingerprint density at radius 3 is 2.45 bits per heavy atom. The number of hydrogen-bond donors (Lipinski definition) is 0. The highest BCUT2D eigenvalue weighted by molar-refractivity contribution is 5.72. The molecule has 0 radical (unpaired) electrons. The van der Waals surface area contributed by atoms with Crippen molar-refractivity contribution in [1.29, 1.82) is 0 Å². The van der Waals surface area contributed by atoms with Crippen LogP contribution >= 0.6 is 0 Å². The molecule has 1 heterocycles. The fourth-order valence-electron chi connectivity index (χ4n) is 1.47. The highest BCUT2D eigenvalue weighted by Gasteiger charge is 2.40. The van der Waals surface area contributed by atoms with Gasteiger partial charge in [-0.3, -0.25) is 9.78 Å². The van der Waals surface area contributed by atoms with Crippen LogP contribution < -0.4 is 0 Å². The van der Waals surface area contributed by atoms with Gasteiger partial charge in [0.05, 0.1) is 18.7 Å². The van der Waals surface area contributed by atoms with Crippen molar-refractivity contribution in [2.24, 2.45) is 0 Å². The predicted molar refractivity (Wildman–Crippen MR) is 54.5 cm³/mol. The van der Waals surface area contributed by atoms with E-state index in [4.69, 9.17) is 0 Å². The van der Waals surface area contributed by atoms with Crippen molar-refractivity contribution in [3.8, 4) is 0 Å². The number of esters is 1. The molecule has 0 saturated heterocycles. The molecule has 0 bridgehead atoms. The summed E-state index contributed by atoms with van der Waals surface area (Å²) in [7, 11) is 0. The first-order valence-electron chi connectivity index (χ1n) is 5.37. The highest BCUT2D eigenvalue weighted by atomic mass is 19.4. The van der Waals surface area contributed by atoms with Crippen LogP contribution in [-0.4, -0.2) is 17.6 Å². The van der Waals surface area contributed by atoms with Crippen molar-refractivity contribution in [1.82, 2.24) is 4.98 Å². The van der Waals surface area contributed by atoms with Gasteiger partial charge in [-0.1, -0.05) is 0 Å². The molecule has 9 heteroatoms. The van der Waals surface area contributed by atoms with Gasteiger partial charge in [0.1, 0.15) is 17.1 Å². The molecule has 0 spiro atoms. The molecule has 112 valence electrons. The summed E-state index contributed by atoms with van der Waals surface area (Å²) < 4.78 is 80.4. The zero-order valence-electron chi connectivity index (χ0n) is 10.1. The van der Waals surface area contributed by atoms with Crippen LogP contribution in [0.5, 0.6) is 0 Å². The molecular formula is C11H9F6NO2. The standard InChI is InChI=1S/C11H9F6NO2/c1-2-20-7(19)4-5-3-6(12)8(11(15,16)17)9(18-5)10(13)14/h3,10H,2,4H2,1H3. The van der Waals surface area contributed by atoms with Gasteiger partial charge in [-0.25, -0.2) is 13.2 Å². The van der Waals surface area contributed by atoms with Crippen LogP contribution in [0, 0.1) is 5.82 Å². The number of halogens is 6. The van der Waals surface area contributed by atoms with Crippen LogP contribution in [0.4, 0.5) is 26.3 Å². The van der Waals surface area contributed by atoms with Crippen molar-refractivity contribution >= 4 is 5.97 Å². The van der Waals surface area contributed by atoms with Crippen molar-refractivity contribution in [3.63, 3.8) is 0 Å². The number of ether oxygens (including phenoxy) is 1. The van der Waals surface area contributed by atoms with Crippen LogP contribution in [0.3, 0.4) is 0 Å². The molecule has 0 fully saturated rings. The van der Waals surface area contributed by atoms with Crippen molar-refractivity contribution in [2.75, 3.05) is 6.61 Å². The van der Waals surface area contributed by atoms with E-state index in [1.54, 1.807) is 0 Å². The summed E-state index contributed by atoms with van der Waals surface area (Å²) in [5.74, 6) is -2.80. The maximum Gasteiger partial charge on any atom is 0.421 e. The summed E-state index contributed by atoms with van der Waals surface area (Å²) >= 11 is 0. The smallest absolute Gasteiger partial charge is 0.421 e. The van der Waals surface area contributed by atoms with Gasteiger partial charge in [0.2, 0.25) is 0 Å². The zero-order chi connectivity index (χ0) is 15.5. The van der Waals surface area contributed by atoms with Gasteiger partial charge in [0.25, 0.3) is 6.43 Å².